The van der Waals surface area contributed by atoms with E-state index in [9.17, 15) is 8.42 Å². The maximum absolute atomic E-state index is 12.1. The van der Waals surface area contributed by atoms with Gasteiger partial charge >= 0.3 is 0 Å². The predicted molar refractivity (Wildman–Crippen MR) is 60.0 cm³/mol. The molecule has 15 heavy (non-hydrogen) atoms. The van der Waals surface area contributed by atoms with Gasteiger partial charge in [-0.05, 0) is 30.7 Å². The van der Waals surface area contributed by atoms with Crippen LogP contribution in [0.1, 0.15) is 19.3 Å². The van der Waals surface area contributed by atoms with Crippen molar-refractivity contribution in [2.24, 2.45) is 5.73 Å². The Morgan fingerprint density at radius 3 is 2.87 bits per heavy atom. The summed E-state index contributed by atoms with van der Waals surface area (Å²) in [4.78, 5) is 0. The van der Waals surface area contributed by atoms with Crippen molar-refractivity contribution in [1.82, 2.24) is 4.31 Å². The third-order valence-electron chi connectivity index (χ3n) is 2.56. The molecule has 1 aromatic heterocycles. The van der Waals surface area contributed by atoms with Gasteiger partial charge in [0.25, 0.3) is 10.0 Å². The van der Waals surface area contributed by atoms with Crippen molar-refractivity contribution >= 4 is 21.4 Å². The van der Waals surface area contributed by atoms with Gasteiger partial charge in [-0.15, -0.1) is 11.3 Å². The molecule has 0 amide bonds. The molecule has 1 unspecified atom stereocenters. The van der Waals surface area contributed by atoms with Gasteiger partial charge in [0.05, 0.1) is 6.17 Å². The average Bonchev–Trinajstić information content (AvgIpc) is 2.71. The molecule has 2 N–H and O–H groups in total. The summed E-state index contributed by atoms with van der Waals surface area (Å²) in [5.41, 5.74) is 5.82. The van der Waals surface area contributed by atoms with Crippen LogP contribution in [0.3, 0.4) is 0 Å². The number of nitrogens with two attached hydrogens (primary N) is 1. The highest BCUT2D eigenvalue weighted by Crippen LogP contribution is 2.25. The number of hydrogen-bond donors (Lipinski definition) is 1. The molecule has 1 aliphatic rings. The van der Waals surface area contributed by atoms with E-state index in [1.54, 1.807) is 17.5 Å². The van der Waals surface area contributed by atoms with Gasteiger partial charge in [0.15, 0.2) is 0 Å². The fourth-order valence-electron chi connectivity index (χ4n) is 1.76. The van der Waals surface area contributed by atoms with Crippen LogP contribution in [0.25, 0.3) is 0 Å². The lowest BCUT2D eigenvalue weighted by atomic mass is 10.1. The molecule has 1 aromatic rings. The quantitative estimate of drug-likeness (QED) is 0.853. The topological polar surface area (TPSA) is 63.4 Å². The average molecular weight is 246 g/mol. The largest absolute Gasteiger partial charge is 0.315 e. The second-order valence-corrected chi connectivity index (χ2v) is 6.68. The first-order valence-corrected chi connectivity index (χ1v) is 7.25. The van der Waals surface area contributed by atoms with Gasteiger partial charge in [-0.1, -0.05) is 6.07 Å². The number of sulfonamides is 1. The molecule has 0 saturated carbocycles. The van der Waals surface area contributed by atoms with Crippen molar-refractivity contribution in [2.45, 2.75) is 29.6 Å². The molecule has 1 atom stereocenters. The minimum atomic E-state index is -3.34. The fraction of sp³-hybridized carbons (Fsp3) is 0.556. The van der Waals surface area contributed by atoms with Crippen molar-refractivity contribution in [1.29, 1.82) is 0 Å². The molecular formula is C9H14N2O2S2. The zero-order valence-corrected chi connectivity index (χ0v) is 9.93. The maximum atomic E-state index is 12.1. The Balaban J connectivity index is 2.29. The Kier molecular flexibility index (Phi) is 3.11. The van der Waals surface area contributed by atoms with Gasteiger partial charge in [0.2, 0.25) is 0 Å². The van der Waals surface area contributed by atoms with Crippen molar-refractivity contribution in [3.8, 4) is 0 Å². The first-order valence-electron chi connectivity index (χ1n) is 4.93. The van der Waals surface area contributed by atoms with E-state index >= 15 is 0 Å². The van der Waals surface area contributed by atoms with Crippen LogP contribution in [-0.2, 0) is 10.0 Å². The van der Waals surface area contributed by atoms with Crippen LogP contribution in [0.4, 0.5) is 0 Å². The van der Waals surface area contributed by atoms with Crippen LogP contribution in [-0.4, -0.2) is 25.4 Å². The second-order valence-electron chi connectivity index (χ2n) is 3.61. The van der Waals surface area contributed by atoms with E-state index < -0.39 is 10.0 Å². The Labute approximate surface area is 93.8 Å². The van der Waals surface area contributed by atoms with E-state index in [-0.39, 0.29) is 6.17 Å². The van der Waals surface area contributed by atoms with Crippen LogP contribution < -0.4 is 5.73 Å². The smallest absolute Gasteiger partial charge is 0.253 e. The van der Waals surface area contributed by atoms with Crippen LogP contribution in [0.5, 0.6) is 0 Å². The fourth-order valence-corrected chi connectivity index (χ4v) is 4.46. The van der Waals surface area contributed by atoms with Crippen molar-refractivity contribution in [3.63, 3.8) is 0 Å². The van der Waals surface area contributed by atoms with Gasteiger partial charge < -0.3 is 5.73 Å². The molecule has 4 nitrogen and oxygen atoms in total. The summed E-state index contributed by atoms with van der Waals surface area (Å²) in [7, 11) is -3.34. The standard InChI is InChI=1S/C9H14N2O2S2/c10-8-4-1-2-6-11(8)15(12,13)9-5-3-7-14-9/h3,5,7-8H,1-2,4,6,10H2. The minimum Gasteiger partial charge on any atom is -0.315 e. The number of nitrogens with zero attached hydrogens (tertiary/aromatic N) is 1. The van der Waals surface area contributed by atoms with Gasteiger partial charge in [-0.25, -0.2) is 8.42 Å². The molecule has 0 aromatic carbocycles. The molecule has 1 saturated heterocycles. The first kappa shape index (κ1) is 11.1. The Morgan fingerprint density at radius 1 is 1.47 bits per heavy atom. The number of hydrogen-bond acceptors (Lipinski definition) is 4. The molecule has 1 fully saturated rings. The Bertz CT molecular complexity index is 413. The van der Waals surface area contributed by atoms with Crippen LogP contribution in [0, 0.1) is 0 Å². The van der Waals surface area contributed by atoms with E-state index in [1.807, 2.05) is 0 Å². The van der Waals surface area contributed by atoms with Crippen LogP contribution in [0.2, 0.25) is 0 Å². The van der Waals surface area contributed by atoms with E-state index in [2.05, 4.69) is 0 Å². The van der Waals surface area contributed by atoms with Gasteiger partial charge in [-0.2, -0.15) is 4.31 Å². The second kappa shape index (κ2) is 4.21. The Hall–Kier alpha value is -0.430. The summed E-state index contributed by atoms with van der Waals surface area (Å²) in [6.45, 7) is 0.543. The number of rotatable bonds is 2. The maximum Gasteiger partial charge on any atom is 0.253 e. The molecule has 2 rings (SSSR count). The highest BCUT2D eigenvalue weighted by Gasteiger charge is 2.31. The van der Waals surface area contributed by atoms with Crippen molar-refractivity contribution < 1.29 is 8.42 Å². The highest BCUT2D eigenvalue weighted by molar-refractivity contribution is 7.91. The molecule has 84 valence electrons. The number of piperidine rings is 1. The lowest BCUT2D eigenvalue weighted by Crippen LogP contribution is -2.48. The molecule has 0 aliphatic carbocycles. The van der Waals surface area contributed by atoms with Gasteiger partial charge in [-0.3, -0.25) is 0 Å². The lowest BCUT2D eigenvalue weighted by Gasteiger charge is -2.31. The summed E-state index contributed by atoms with van der Waals surface area (Å²) in [5, 5.41) is 1.77. The minimum absolute atomic E-state index is 0.356. The van der Waals surface area contributed by atoms with Crippen molar-refractivity contribution in [3.05, 3.63) is 17.5 Å². The molecule has 1 aliphatic heterocycles. The molecular weight excluding hydrogens is 232 g/mol. The summed E-state index contributed by atoms with van der Waals surface area (Å²) >= 11 is 1.24. The molecule has 0 bridgehead atoms. The van der Waals surface area contributed by atoms with E-state index in [0.29, 0.717) is 10.8 Å². The SMILES string of the molecule is NC1CCCCN1S(=O)(=O)c1cccs1. The summed E-state index contributed by atoms with van der Waals surface area (Å²) in [6.07, 6.45) is 2.31. The third-order valence-corrected chi connectivity index (χ3v) is 5.85. The summed E-state index contributed by atoms with van der Waals surface area (Å²) in [6, 6.07) is 3.37. The molecule has 6 heteroatoms. The number of thiophene rings is 1. The van der Waals surface area contributed by atoms with Gasteiger partial charge in [0, 0.05) is 6.54 Å². The predicted octanol–water partition coefficient (Wildman–Crippen LogP) is 1.21. The van der Waals surface area contributed by atoms with Gasteiger partial charge in [0.1, 0.15) is 4.21 Å². The third kappa shape index (κ3) is 2.08. The summed E-state index contributed by atoms with van der Waals surface area (Å²) in [5.74, 6) is 0. The van der Waals surface area contributed by atoms with Crippen LogP contribution >= 0.6 is 11.3 Å². The lowest BCUT2D eigenvalue weighted by molar-refractivity contribution is 0.258. The molecule has 2 heterocycles. The zero-order chi connectivity index (χ0) is 10.9. The highest BCUT2D eigenvalue weighted by atomic mass is 32.2. The first-order chi connectivity index (χ1) is 7.12. The Morgan fingerprint density at radius 2 is 2.27 bits per heavy atom. The van der Waals surface area contributed by atoms with E-state index in [0.717, 1.165) is 19.3 Å². The summed E-state index contributed by atoms with van der Waals surface area (Å²) < 4.78 is 26.0. The van der Waals surface area contributed by atoms with Crippen molar-refractivity contribution in [2.75, 3.05) is 6.54 Å². The van der Waals surface area contributed by atoms with E-state index in [1.165, 1.54) is 15.6 Å². The molecule has 0 spiro atoms. The monoisotopic (exact) mass is 246 g/mol. The van der Waals surface area contributed by atoms with E-state index in [4.69, 9.17) is 5.73 Å². The van der Waals surface area contributed by atoms with Crippen LogP contribution in [0.15, 0.2) is 21.7 Å². The zero-order valence-electron chi connectivity index (χ0n) is 8.30. The normalized spacial score (nSPS) is 24.2. The molecule has 0 radical (unpaired) electrons.